The van der Waals surface area contributed by atoms with Gasteiger partial charge in [0.1, 0.15) is 5.69 Å². The highest BCUT2D eigenvalue weighted by molar-refractivity contribution is 7.89. The van der Waals surface area contributed by atoms with Gasteiger partial charge in [-0.1, -0.05) is 6.07 Å². The fraction of sp³-hybridized carbons (Fsp3) is 0.0667. The predicted molar refractivity (Wildman–Crippen MR) is 88.9 cm³/mol. The first-order chi connectivity index (χ1) is 11.4. The number of aryl methyl sites for hydroxylation is 1. The van der Waals surface area contributed by atoms with E-state index in [1.54, 1.807) is 36.8 Å². The topological polar surface area (TPSA) is 124 Å². The zero-order valence-corrected chi connectivity index (χ0v) is 13.5. The van der Waals surface area contributed by atoms with E-state index < -0.39 is 10.0 Å². The largest absolute Gasteiger partial charge is 0.324 e. The summed E-state index contributed by atoms with van der Waals surface area (Å²) in [6.45, 7) is 1.84. The van der Waals surface area contributed by atoms with Crippen LogP contribution in [0.4, 0.5) is 11.6 Å². The molecule has 2 aromatic heterocycles. The molecule has 24 heavy (non-hydrogen) atoms. The smallest absolute Gasteiger partial charge is 0.238 e. The molecule has 0 aliphatic rings. The first kappa shape index (κ1) is 16.0. The second kappa shape index (κ2) is 6.30. The number of hydrogen-bond donors (Lipinski definition) is 2. The normalized spacial score (nSPS) is 11.2. The van der Waals surface area contributed by atoms with Crippen LogP contribution in [0, 0.1) is 6.92 Å². The number of rotatable bonds is 4. The molecule has 0 aliphatic carbocycles. The molecule has 0 bridgehead atoms. The van der Waals surface area contributed by atoms with Crippen LogP contribution in [0.5, 0.6) is 0 Å². The van der Waals surface area contributed by atoms with E-state index in [-0.39, 0.29) is 4.90 Å². The predicted octanol–water partition coefficient (Wildman–Crippen LogP) is 1.63. The number of anilines is 2. The van der Waals surface area contributed by atoms with Gasteiger partial charge in [0.25, 0.3) is 0 Å². The average Bonchev–Trinajstić information content (AvgIpc) is 2.55. The number of nitrogens with one attached hydrogen (secondary N) is 1. The fourth-order valence-corrected chi connectivity index (χ4v) is 2.65. The molecular weight excluding hydrogens is 328 g/mol. The second-order valence-electron chi connectivity index (χ2n) is 4.95. The third-order valence-corrected chi connectivity index (χ3v) is 4.11. The van der Waals surface area contributed by atoms with Gasteiger partial charge < -0.3 is 5.32 Å². The van der Waals surface area contributed by atoms with E-state index in [0.29, 0.717) is 23.0 Å². The Morgan fingerprint density at radius 3 is 2.58 bits per heavy atom. The van der Waals surface area contributed by atoms with Gasteiger partial charge in [0, 0.05) is 24.3 Å². The van der Waals surface area contributed by atoms with Gasteiger partial charge in [-0.15, -0.1) is 0 Å². The minimum absolute atomic E-state index is 0.00780. The number of hydrogen-bond acceptors (Lipinski definition) is 7. The van der Waals surface area contributed by atoms with Crippen molar-refractivity contribution in [1.82, 2.24) is 19.9 Å². The number of benzene rings is 1. The lowest BCUT2D eigenvalue weighted by molar-refractivity contribution is 0.598. The molecule has 0 saturated heterocycles. The highest BCUT2D eigenvalue weighted by Gasteiger charge is 2.10. The summed E-state index contributed by atoms with van der Waals surface area (Å²) in [5, 5.41) is 8.09. The molecule has 0 saturated carbocycles. The quantitative estimate of drug-likeness (QED) is 0.738. The Balaban J connectivity index is 1.92. The van der Waals surface area contributed by atoms with E-state index in [9.17, 15) is 8.42 Å². The van der Waals surface area contributed by atoms with Crippen LogP contribution in [0.1, 0.15) is 5.69 Å². The number of sulfonamides is 1. The summed E-state index contributed by atoms with van der Waals surface area (Å²) in [4.78, 5) is 17.0. The summed E-state index contributed by atoms with van der Waals surface area (Å²) in [6, 6.07) is 7.83. The fourth-order valence-electron chi connectivity index (χ4n) is 2.09. The molecule has 0 atom stereocenters. The summed E-state index contributed by atoms with van der Waals surface area (Å²) in [7, 11) is -3.77. The summed E-state index contributed by atoms with van der Waals surface area (Å²) in [6.07, 6.45) is 4.79. The molecule has 0 spiro atoms. The summed E-state index contributed by atoms with van der Waals surface area (Å²) >= 11 is 0. The monoisotopic (exact) mass is 342 g/mol. The van der Waals surface area contributed by atoms with Crippen molar-refractivity contribution in [2.45, 2.75) is 11.8 Å². The number of nitrogens with two attached hydrogens (primary N) is 1. The van der Waals surface area contributed by atoms with Gasteiger partial charge >= 0.3 is 0 Å². The van der Waals surface area contributed by atoms with Crippen LogP contribution in [0.15, 0.2) is 53.8 Å². The molecule has 1 aromatic carbocycles. The third kappa shape index (κ3) is 3.53. The molecule has 0 fully saturated rings. The van der Waals surface area contributed by atoms with Crippen molar-refractivity contribution in [3.05, 3.63) is 54.6 Å². The molecule has 0 aliphatic heterocycles. The van der Waals surface area contributed by atoms with E-state index in [0.717, 1.165) is 5.69 Å². The van der Waals surface area contributed by atoms with Crippen molar-refractivity contribution >= 4 is 21.7 Å². The maximum absolute atomic E-state index is 11.4. The minimum atomic E-state index is -3.77. The molecule has 8 nitrogen and oxygen atoms in total. The maximum Gasteiger partial charge on any atom is 0.238 e. The minimum Gasteiger partial charge on any atom is -0.324 e. The first-order valence-electron chi connectivity index (χ1n) is 6.94. The van der Waals surface area contributed by atoms with Crippen LogP contribution in [0.3, 0.4) is 0 Å². The number of primary sulfonamides is 1. The van der Waals surface area contributed by atoms with Crippen molar-refractivity contribution in [1.29, 1.82) is 0 Å². The van der Waals surface area contributed by atoms with Gasteiger partial charge in [0.2, 0.25) is 16.0 Å². The van der Waals surface area contributed by atoms with Crippen LogP contribution in [-0.2, 0) is 10.0 Å². The van der Waals surface area contributed by atoms with E-state index in [1.807, 2.05) is 6.92 Å². The van der Waals surface area contributed by atoms with Gasteiger partial charge in [0.15, 0.2) is 0 Å². The molecule has 3 rings (SSSR count). The van der Waals surface area contributed by atoms with Crippen LogP contribution in [0.25, 0.3) is 11.4 Å². The molecule has 122 valence electrons. The lowest BCUT2D eigenvalue weighted by Gasteiger charge is -2.08. The van der Waals surface area contributed by atoms with Crippen LogP contribution < -0.4 is 10.5 Å². The Hall–Kier alpha value is -2.91. The van der Waals surface area contributed by atoms with E-state index in [4.69, 9.17) is 5.14 Å². The Labute approximate surface area is 138 Å². The second-order valence-corrected chi connectivity index (χ2v) is 6.52. The van der Waals surface area contributed by atoms with E-state index in [2.05, 4.69) is 25.3 Å². The van der Waals surface area contributed by atoms with Crippen molar-refractivity contribution in [3.63, 3.8) is 0 Å². The third-order valence-electron chi connectivity index (χ3n) is 3.20. The Kier molecular flexibility index (Phi) is 4.19. The van der Waals surface area contributed by atoms with Crippen LogP contribution in [0.2, 0.25) is 0 Å². The summed E-state index contributed by atoms with van der Waals surface area (Å²) < 4.78 is 22.8. The lowest BCUT2D eigenvalue weighted by atomic mass is 10.2. The molecule has 0 amide bonds. The molecule has 3 N–H and O–H groups in total. The summed E-state index contributed by atoms with van der Waals surface area (Å²) in [5.74, 6) is 0.309. The number of aromatic nitrogens is 4. The lowest BCUT2D eigenvalue weighted by Crippen LogP contribution is -2.12. The maximum atomic E-state index is 11.4. The molecule has 0 radical (unpaired) electrons. The Morgan fingerprint density at radius 2 is 1.83 bits per heavy atom. The Morgan fingerprint density at radius 1 is 1.04 bits per heavy atom. The SMILES string of the molecule is Cc1nccnc1-c1ccnc(Nc2cccc(S(N)(=O)=O)c2)n1. The molecule has 2 heterocycles. The van der Waals surface area contributed by atoms with Crippen LogP contribution >= 0.6 is 0 Å². The highest BCUT2D eigenvalue weighted by Crippen LogP contribution is 2.20. The van der Waals surface area contributed by atoms with E-state index >= 15 is 0 Å². The van der Waals surface area contributed by atoms with Crippen LogP contribution in [-0.4, -0.2) is 28.4 Å². The molecular formula is C15H14N6O2S. The first-order valence-corrected chi connectivity index (χ1v) is 8.49. The average molecular weight is 342 g/mol. The van der Waals surface area contributed by atoms with Gasteiger partial charge in [-0.25, -0.2) is 23.5 Å². The van der Waals surface area contributed by atoms with Gasteiger partial charge in [0.05, 0.1) is 16.3 Å². The van der Waals surface area contributed by atoms with Crippen molar-refractivity contribution in [2.24, 2.45) is 5.14 Å². The number of nitrogens with zero attached hydrogens (tertiary/aromatic N) is 4. The zero-order valence-electron chi connectivity index (χ0n) is 12.7. The van der Waals surface area contributed by atoms with Crippen molar-refractivity contribution in [2.75, 3.05) is 5.32 Å². The van der Waals surface area contributed by atoms with Crippen molar-refractivity contribution in [3.8, 4) is 11.4 Å². The standard InChI is InChI=1S/C15H14N6O2S/c1-10-14(18-8-7-17-10)13-5-6-19-15(21-13)20-11-3-2-4-12(9-11)24(16,22)23/h2-9H,1H3,(H2,16,22,23)(H,19,20,21). The Bertz CT molecular complexity index is 991. The molecule has 3 aromatic rings. The van der Waals surface area contributed by atoms with Crippen molar-refractivity contribution < 1.29 is 8.42 Å². The van der Waals surface area contributed by atoms with Gasteiger partial charge in [-0.05, 0) is 31.2 Å². The van der Waals surface area contributed by atoms with E-state index in [1.165, 1.54) is 12.1 Å². The zero-order chi connectivity index (χ0) is 17.2. The molecule has 0 unspecified atom stereocenters. The molecule has 9 heteroatoms. The highest BCUT2D eigenvalue weighted by atomic mass is 32.2. The summed E-state index contributed by atoms with van der Waals surface area (Å²) in [5.41, 5.74) is 2.52. The van der Waals surface area contributed by atoms with Gasteiger partial charge in [-0.3, -0.25) is 9.97 Å². The van der Waals surface area contributed by atoms with Gasteiger partial charge in [-0.2, -0.15) is 0 Å².